The molecule has 0 N–H and O–H groups in total. The van der Waals surface area contributed by atoms with Gasteiger partial charge in [-0.25, -0.2) is 4.90 Å². The summed E-state index contributed by atoms with van der Waals surface area (Å²) in [5, 5.41) is -0.309. The second-order valence-corrected chi connectivity index (χ2v) is 6.84. The van der Waals surface area contributed by atoms with E-state index in [0.717, 1.165) is 22.9 Å². The smallest absolute Gasteiger partial charge is 0.298 e. The number of methoxy groups -OCH3 is 2. The first kappa shape index (κ1) is 18.1. The Kier molecular flexibility index (Phi) is 5.04. The summed E-state index contributed by atoms with van der Waals surface area (Å²) in [7, 11) is 3.13. The van der Waals surface area contributed by atoms with E-state index in [-0.39, 0.29) is 11.1 Å². The van der Waals surface area contributed by atoms with E-state index in [4.69, 9.17) is 9.47 Å². The molecule has 0 saturated carbocycles. The molecule has 2 aromatic carbocycles. The molecule has 1 aliphatic heterocycles. The van der Waals surface area contributed by atoms with E-state index in [1.807, 2.05) is 26.0 Å². The zero-order valence-electron chi connectivity index (χ0n) is 15.0. The lowest BCUT2D eigenvalue weighted by Gasteiger charge is -2.16. The molecule has 5 nitrogen and oxygen atoms in total. The molecule has 0 atom stereocenters. The molecule has 0 aromatic heterocycles. The van der Waals surface area contributed by atoms with Crippen molar-refractivity contribution in [2.24, 2.45) is 0 Å². The van der Waals surface area contributed by atoms with E-state index >= 15 is 0 Å². The van der Waals surface area contributed by atoms with Gasteiger partial charge in [-0.2, -0.15) is 0 Å². The summed E-state index contributed by atoms with van der Waals surface area (Å²) in [6.07, 6.45) is 1.66. The first-order valence-electron chi connectivity index (χ1n) is 8.02. The van der Waals surface area contributed by atoms with Gasteiger partial charge in [0.25, 0.3) is 11.1 Å². The summed E-state index contributed by atoms with van der Waals surface area (Å²) in [5.74, 6) is 0.911. The number of anilines is 1. The van der Waals surface area contributed by atoms with Gasteiger partial charge < -0.3 is 9.47 Å². The molecule has 6 heteroatoms. The van der Waals surface area contributed by atoms with Gasteiger partial charge >= 0.3 is 0 Å². The number of hydrogen-bond donors (Lipinski definition) is 0. The highest BCUT2D eigenvalue weighted by molar-refractivity contribution is 8.19. The Bertz CT molecular complexity index is 920. The summed E-state index contributed by atoms with van der Waals surface area (Å²) < 4.78 is 10.6. The van der Waals surface area contributed by atoms with Crippen molar-refractivity contribution >= 4 is 34.7 Å². The van der Waals surface area contributed by atoms with E-state index < -0.39 is 0 Å². The fraction of sp³-hybridized carbons (Fsp3) is 0.200. The molecule has 2 aromatic rings. The Balaban J connectivity index is 2.02. The van der Waals surface area contributed by atoms with Gasteiger partial charge in [0, 0.05) is 5.56 Å². The number of nitrogens with zero attached hydrogens (tertiary/aromatic N) is 1. The van der Waals surface area contributed by atoms with Crippen LogP contribution in [0.2, 0.25) is 0 Å². The van der Waals surface area contributed by atoms with Crippen LogP contribution >= 0.6 is 11.8 Å². The molecule has 3 rings (SSSR count). The maximum atomic E-state index is 12.9. The molecular formula is C20H19NO4S. The highest BCUT2D eigenvalue weighted by Crippen LogP contribution is 2.38. The average molecular weight is 369 g/mol. The average Bonchev–Trinajstić information content (AvgIpc) is 2.91. The van der Waals surface area contributed by atoms with Crippen LogP contribution in [0.25, 0.3) is 6.08 Å². The third-order valence-electron chi connectivity index (χ3n) is 4.33. The van der Waals surface area contributed by atoms with Crippen LogP contribution in [0.15, 0.2) is 41.3 Å². The van der Waals surface area contributed by atoms with Crippen molar-refractivity contribution in [1.29, 1.82) is 0 Å². The van der Waals surface area contributed by atoms with Crippen molar-refractivity contribution in [3.05, 3.63) is 58.0 Å². The Hall–Kier alpha value is -2.73. The SMILES string of the molecule is COc1ccc(OC)c(/C=C2\SC(=O)N(c3cccc(C)c3C)C2=O)c1. The van der Waals surface area contributed by atoms with Gasteiger partial charge in [-0.15, -0.1) is 0 Å². The molecule has 1 heterocycles. The maximum absolute atomic E-state index is 12.9. The largest absolute Gasteiger partial charge is 0.497 e. The van der Waals surface area contributed by atoms with Crippen LogP contribution in [0.5, 0.6) is 11.5 Å². The van der Waals surface area contributed by atoms with Gasteiger partial charge in [0.05, 0.1) is 24.8 Å². The fourth-order valence-electron chi connectivity index (χ4n) is 2.75. The molecular weight excluding hydrogens is 350 g/mol. The number of rotatable bonds is 4. The molecule has 1 fully saturated rings. The van der Waals surface area contributed by atoms with Crippen molar-refractivity contribution in [2.45, 2.75) is 13.8 Å². The molecule has 134 valence electrons. The Morgan fingerprint density at radius 3 is 2.50 bits per heavy atom. The van der Waals surface area contributed by atoms with Gasteiger partial charge in [-0.1, -0.05) is 12.1 Å². The van der Waals surface area contributed by atoms with Crippen LogP contribution in [0.4, 0.5) is 10.5 Å². The number of ether oxygens (including phenoxy) is 2. The first-order valence-corrected chi connectivity index (χ1v) is 8.84. The fourth-order valence-corrected chi connectivity index (χ4v) is 3.57. The van der Waals surface area contributed by atoms with Crippen molar-refractivity contribution in [1.82, 2.24) is 0 Å². The molecule has 0 radical (unpaired) electrons. The molecule has 0 aliphatic carbocycles. The number of aryl methyl sites for hydroxylation is 1. The van der Waals surface area contributed by atoms with Gasteiger partial charge in [-0.3, -0.25) is 9.59 Å². The predicted octanol–water partition coefficient (Wildman–Crippen LogP) is 4.56. The molecule has 26 heavy (non-hydrogen) atoms. The van der Waals surface area contributed by atoms with Crippen molar-refractivity contribution in [3.63, 3.8) is 0 Å². The summed E-state index contributed by atoms with van der Waals surface area (Å²) in [5.41, 5.74) is 3.24. The van der Waals surface area contributed by atoms with E-state index in [9.17, 15) is 9.59 Å². The highest BCUT2D eigenvalue weighted by atomic mass is 32.2. The van der Waals surface area contributed by atoms with Crippen LogP contribution < -0.4 is 14.4 Å². The number of carbonyl (C=O) groups excluding carboxylic acids is 2. The minimum atomic E-state index is -0.335. The standard InChI is InChI=1S/C20H19NO4S/c1-12-6-5-7-16(13(12)2)21-19(22)18(26-20(21)23)11-14-10-15(24-3)8-9-17(14)25-4/h5-11H,1-4H3/b18-11-. The van der Waals surface area contributed by atoms with Gasteiger partial charge in [-0.05, 0) is 67.1 Å². The van der Waals surface area contributed by atoms with E-state index in [2.05, 4.69) is 0 Å². The number of carbonyl (C=O) groups is 2. The van der Waals surface area contributed by atoms with Crippen LogP contribution in [0.1, 0.15) is 16.7 Å². The molecule has 0 spiro atoms. The van der Waals surface area contributed by atoms with Crippen LogP contribution in [-0.2, 0) is 4.79 Å². The number of hydrogen-bond acceptors (Lipinski definition) is 5. The van der Waals surface area contributed by atoms with Crippen LogP contribution in [-0.4, -0.2) is 25.4 Å². The zero-order valence-corrected chi connectivity index (χ0v) is 15.8. The van der Waals surface area contributed by atoms with Gasteiger partial charge in [0.1, 0.15) is 11.5 Å². The molecule has 1 aliphatic rings. The van der Waals surface area contributed by atoms with E-state index in [1.165, 1.54) is 4.90 Å². The molecule has 1 saturated heterocycles. The summed E-state index contributed by atoms with van der Waals surface area (Å²) in [6, 6.07) is 10.9. The lowest BCUT2D eigenvalue weighted by molar-refractivity contribution is -0.113. The second-order valence-electron chi connectivity index (χ2n) is 5.84. The Morgan fingerprint density at radius 2 is 1.81 bits per heavy atom. The second kappa shape index (κ2) is 7.25. The van der Waals surface area contributed by atoms with Crippen molar-refractivity contribution in [2.75, 3.05) is 19.1 Å². The van der Waals surface area contributed by atoms with E-state index in [0.29, 0.717) is 27.7 Å². The minimum absolute atomic E-state index is 0.309. The summed E-state index contributed by atoms with van der Waals surface area (Å²) in [6.45, 7) is 3.86. The van der Waals surface area contributed by atoms with E-state index in [1.54, 1.807) is 44.6 Å². The van der Waals surface area contributed by atoms with Crippen molar-refractivity contribution < 1.29 is 19.1 Å². The zero-order chi connectivity index (χ0) is 18.8. The lowest BCUT2D eigenvalue weighted by atomic mass is 10.1. The molecule has 2 amide bonds. The third kappa shape index (κ3) is 3.20. The van der Waals surface area contributed by atoms with Crippen molar-refractivity contribution in [3.8, 4) is 11.5 Å². The third-order valence-corrected chi connectivity index (χ3v) is 5.20. The molecule has 0 bridgehead atoms. The normalized spacial score (nSPS) is 15.7. The topological polar surface area (TPSA) is 55.8 Å². The van der Waals surface area contributed by atoms with Gasteiger partial charge in [0.2, 0.25) is 0 Å². The number of amides is 2. The molecule has 0 unspecified atom stereocenters. The Morgan fingerprint density at radius 1 is 1.04 bits per heavy atom. The van der Waals surface area contributed by atoms with Gasteiger partial charge in [0.15, 0.2) is 0 Å². The quantitative estimate of drug-likeness (QED) is 0.740. The maximum Gasteiger partial charge on any atom is 0.298 e. The number of imide groups is 1. The summed E-state index contributed by atoms with van der Waals surface area (Å²) >= 11 is 0.921. The number of thioether (sulfide) groups is 1. The lowest BCUT2D eigenvalue weighted by Crippen LogP contribution is -2.28. The monoisotopic (exact) mass is 369 g/mol. The summed E-state index contributed by atoms with van der Waals surface area (Å²) in [4.78, 5) is 27.0. The van der Waals surface area contributed by atoms with Crippen LogP contribution in [0.3, 0.4) is 0 Å². The predicted molar refractivity (Wildman–Crippen MR) is 104 cm³/mol. The van der Waals surface area contributed by atoms with Crippen LogP contribution in [0, 0.1) is 13.8 Å². The highest BCUT2D eigenvalue weighted by Gasteiger charge is 2.37. The minimum Gasteiger partial charge on any atom is -0.497 e. The first-order chi connectivity index (χ1) is 12.5. The number of benzene rings is 2. The Labute approximate surface area is 156 Å².